The standard InChI is InChI=1S/C40H52N6O8/c1-23(2)17-30-22-53-32-15-11-28(12-16-32)19-34(45-39(50)36-24(3)41-26(5)54-36)38(49)44-33(18-27-9-13-31(52-6)14-10-27)37(48)42-25(4)40(51)46(20-29-7-8-29)21-35(47)43-30/h9-16,23,25,29-30,33-34H,7-8,17-22H2,1-6H3,(H,42,48)(H,43,47)(H,44,49)(H,45,50)/t25-,30+,33+,34+/m1/s1. The van der Waals surface area contributed by atoms with Crippen LogP contribution in [0.4, 0.5) is 0 Å². The normalized spacial score (nSPS) is 21.9. The molecule has 0 saturated heterocycles. The summed E-state index contributed by atoms with van der Waals surface area (Å²) in [6.07, 6.45) is 2.71. The van der Waals surface area contributed by atoms with Crippen LogP contribution < -0.4 is 30.7 Å². The van der Waals surface area contributed by atoms with Gasteiger partial charge >= 0.3 is 0 Å². The van der Waals surface area contributed by atoms with Crippen molar-refractivity contribution < 1.29 is 37.9 Å². The number of fused-ring (bicyclic) bond motifs is 17. The van der Waals surface area contributed by atoms with E-state index >= 15 is 0 Å². The molecule has 14 heteroatoms. The van der Waals surface area contributed by atoms with Gasteiger partial charge in [0.05, 0.1) is 25.4 Å². The maximum absolute atomic E-state index is 14.2. The number of oxazole rings is 1. The summed E-state index contributed by atoms with van der Waals surface area (Å²) < 4.78 is 16.9. The minimum Gasteiger partial charge on any atom is -0.497 e. The van der Waals surface area contributed by atoms with Crippen LogP contribution in [0.15, 0.2) is 52.9 Å². The van der Waals surface area contributed by atoms with E-state index in [0.717, 1.165) is 18.4 Å². The second-order valence-corrected chi connectivity index (χ2v) is 14.7. The smallest absolute Gasteiger partial charge is 0.289 e. The first-order chi connectivity index (χ1) is 25.8. The fourth-order valence-corrected chi connectivity index (χ4v) is 6.49. The predicted molar refractivity (Wildman–Crippen MR) is 200 cm³/mol. The van der Waals surface area contributed by atoms with Gasteiger partial charge in [-0.3, -0.25) is 24.0 Å². The van der Waals surface area contributed by atoms with Crippen molar-refractivity contribution in [2.24, 2.45) is 11.8 Å². The van der Waals surface area contributed by atoms with Gasteiger partial charge in [0.2, 0.25) is 29.4 Å². The summed E-state index contributed by atoms with van der Waals surface area (Å²) in [6, 6.07) is 10.6. The molecule has 0 radical (unpaired) electrons. The fraction of sp³-hybridized carbons (Fsp3) is 0.500. The van der Waals surface area contributed by atoms with Crippen LogP contribution in [-0.4, -0.2) is 90.4 Å². The van der Waals surface area contributed by atoms with Crippen LogP contribution in [-0.2, 0) is 32.0 Å². The van der Waals surface area contributed by atoms with Gasteiger partial charge in [-0.05, 0) is 80.3 Å². The van der Waals surface area contributed by atoms with Crippen molar-refractivity contribution in [2.75, 3.05) is 26.8 Å². The maximum Gasteiger partial charge on any atom is 0.289 e. The molecule has 3 aliphatic rings. The molecular formula is C40H52N6O8. The topological polar surface area (TPSA) is 181 Å². The van der Waals surface area contributed by atoms with Gasteiger partial charge in [0.15, 0.2) is 5.89 Å². The third kappa shape index (κ3) is 11.3. The zero-order valence-electron chi connectivity index (χ0n) is 31.9. The quantitative estimate of drug-likeness (QED) is 0.240. The van der Waals surface area contributed by atoms with E-state index in [4.69, 9.17) is 13.9 Å². The summed E-state index contributed by atoms with van der Waals surface area (Å²) in [6.45, 7) is 9.38. The molecule has 0 spiro atoms. The Morgan fingerprint density at radius 1 is 0.981 bits per heavy atom. The van der Waals surface area contributed by atoms with Gasteiger partial charge in [0.1, 0.15) is 36.2 Å². The average Bonchev–Trinajstić information content (AvgIpc) is 3.89. The largest absolute Gasteiger partial charge is 0.497 e. The minimum absolute atomic E-state index is 0.0193. The Kier molecular flexibility index (Phi) is 13.3. The molecule has 1 aliphatic carbocycles. The Labute approximate surface area is 316 Å². The van der Waals surface area contributed by atoms with E-state index in [0.29, 0.717) is 41.6 Å². The lowest BCUT2D eigenvalue weighted by Gasteiger charge is -2.29. The van der Waals surface area contributed by atoms with Crippen molar-refractivity contribution in [3.05, 3.63) is 77.0 Å². The third-order valence-electron chi connectivity index (χ3n) is 9.45. The van der Waals surface area contributed by atoms with E-state index in [-0.39, 0.29) is 55.5 Å². The summed E-state index contributed by atoms with van der Waals surface area (Å²) in [5.41, 5.74) is 1.80. The van der Waals surface area contributed by atoms with Gasteiger partial charge in [-0.2, -0.15) is 0 Å². The molecule has 6 rings (SSSR count). The first kappa shape index (κ1) is 39.8. The van der Waals surface area contributed by atoms with E-state index in [1.54, 1.807) is 76.4 Å². The van der Waals surface area contributed by atoms with Gasteiger partial charge in [-0.1, -0.05) is 38.1 Å². The number of hydrogen-bond acceptors (Lipinski definition) is 9. The molecule has 3 aromatic rings. The van der Waals surface area contributed by atoms with Crippen LogP contribution in [0.2, 0.25) is 0 Å². The van der Waals surface area contributed by atoms with Gasteiger partial charge in [0, 0.05) is 26.3 Å². The third-order valence-corrected chi connectivity index (χ3v) is 9.45. The van der Waals surface area contributed by atoms with E-state index < -0.39 is 41.8 Å². The molecule has 54 heavy (non-hydrogen) atoms. The summed E-state index contributed by atoms with van der Waals surface area (Å²) >= 11 is 0. The summed E-state index contributed by atoms with van der Waals surface area (Å²) in [5, 5.41) is 11.5. The lowest BCUT2D eigenvalue weighted by Crippen LogP contribution is -2.58. The number of aromatic nitrogens is 1. The minimum atomic E-state index is -1.15. The molecule has 2 aromatic carbocycles. The second-order valence-electron chi connectivity index (χ2n) is 14.7. The molecule has 0 unspecified atom stereocenters. The molecule has 1 fully saturated rings. The van der Waals surface area contributed by atoms with E-state index in [2.05, 4.69) is 40.1 Å². The Balaban J connectivity index is 1.48. The van der Waals surface area contributed by atoms with Crippen LogP contribution in [0.5, 0.6) is 11.5 Å². The number of methoxy groups -OCH3 is 1. The molecule has 4 atom stereocenters. The highest BCUT2D eigenvalue weighted by molar-refractivity contribution is 5.98. The first-order valence-corrected chi connectivity index (χ1v) is 18.6. The molecule has 2 aliphatic heterocycles. The monoisotopic (exact) mass is 744 g/mol. The van der Waals surface area contributed by atoms with Gasteiger partial charge < -0.3 is 40.1 Å². The number of ether oxygens (including phenoxy) is 2. The number of carbonyl (C=O) groups is 5. The van der Waals surface area contributed by atoms with Crippen molar-refractivity contribution in [2.45, 2.75) is 90.9 Å². The van der Waals surface area contributed by atoms with Crippen LogP contribution in [0.25, 0.3) is 0 Å². The zero-order chi connectivity index (χ0) is 38.9. The molecule has 1 aromatic heterocycles. The molecule has 2 bridgehead atoms. The summed E-state index contributed by atoms with van der Waals surface area (Å²) in [5.74, 6) is -0.561. The van der Waals surface area contributed by atoms with Crippen molar-refractivity contribution in [1.29, 1.82) is 0 Å². The van der Waals surface area contributed by atoms with Gasteiger partial charge in [-0.25, -0.2) is 4.98 Å². The fourth-order valence-electron chi connectivity index (χ4n) is 6.49. The highest BCUT2D eigenvalue weighted by Gasteiger charge is 2.34. The van der Waals surface area contributed by atoms with Crippen LogP contribution in [0.1, 0.15) is 73.3 Å². The number of amides is 5. The molecule has 14 nitrogen and oxygen atoms in total. The van der Waals surface area contributed by atoms with E-state index in [9.17, 15) is 24.0 Å². The highest BCUT2D eigenvalue weighted by Crippen LogP contribution is 2.30. The SMILES string of the molecule is COc1ccc(C[C@@H]2NC(=O)[C@@H](NC(=O)c3oc(C)nc3C)Cc3ccc(cc3)OC[C@H](CC(C)C)NC(=O)CN(CC3CC3)C(=O)[C@@H](C)NC2=O)cc1. The van der Waals surface area contributed by atoms with E-state index in [1.807, 2.05) is 0 Å². The number of benzene rings is 2. The summed E-state index contributed by atoms with van der Waals surface area (Å²) in [7, 11) is 1.55. The van der Waals surface area contributed by atoms with Crippen molar-refractivity contribution in [3.63, 3.8) is 0 Å². The number of nitrogens with one attached hydrogen (secondary N) is 4. The van der Waals surface area contributed by atoms with Crippen molar-refractivity contribution in [1.82, 2.24) is 31.2 Å². The second kappa shape index (κ2) is 18.1. The molecule has 4 N–H and O–H groups in total. The number of carbonyl (C=O) groups excluding carboxylic acids is 5. The Morgan fingerprint density at radius 3 is 2.30 bits per heavy atom. The van der Waals surface area contributed by atoms with Gasteiger partial charge in [0.25, 0.3) is 5.91 Å². The molecule has 5 amide bonds. The number of nitrogens with zero attached hydrogens (tertiary/aromatic N) is 2. The maximum atomic E-state index is 14.2. The predicted octanol–water partition coefficient (Wildman–Crippen LogP) is 3.04. The number of rotatable bonds is 9. The lowest BCUT2D eigenvalue weighted by molar-refractivity contribution is -0.140. The Hall–Kier alpha value is -5.40. The Morgan fingerprint density at radius 2 is 1.69 bits per heavy atom. The molecular weight excluding hydrogens is 692 g/mol. The van der Waals surface area contributed by atoms with Crippen LogP contribution in [0.3, 0.4) is 0 Å². The van der Waals surface area contributed by atoms with Crippen molar-refractivity contribution in [3.8, 4) is 11.5 Å². The highest BCUT2D eigenvalue weighted by atomic mass is 16.5. The van der Waals surface area contributed by atoms with Crippen LogP contribution in [0, 0.1) is 25.7 Å². The lowest BCUT2D eigenvalue weighted by atomic mass is 10.0. The molecule has 3 heterocycles. The molecule has 290 valence electrons. The first-order valence-electron chi connectivity index (χ1n) is 18.6. The average molecular weight is 745 g/mol. The number of aryl methyl sites for hydroxylation is 2. The number of hydrogen-bond donors (Lipinski definition) is 4. The molecule has 1 saturated carbocycles. The Bertz CT molecular complexity index is 1790. The van der Waals surface area contributed by atoms with Gasteiger partial charge in [-0.15, -0.1) is 0 Å². The summed E-state index contributed by atoms with van der Waals surface area (Å²) in [4.78, 5) is 74.6. The van der Waals surface area contributed by atoms with Crippen LogP contribution >= 0.6 is 0 Å². The van der Waals surface area contributed by atoms with Crippen molar-refractivity contribution >= 4 is 29.5 Å². The van der Waals surface area contributed by atoms with E-state index in [1.165, 1.54) is 4.90 Å². The zero-order valence-corrected chi connectivity index (χ0v) is 31.9.